The van der Waals surface area contributed by atoms with Gasteiger partial charge < -0.3 is 9.47 Å². The number of ether oxygens (including phenoxy) is 2. The van der Waals surface area contributed by atoms with E-state index in [0.29, 0.717) is 13.0 Å². The Morgan fingerprint density at radius 3 is 2.45 bits per heavy atom. The summed E-state index contributed by atoms with van der Waals surface area (Å²) in [4.78, 5) is 25.2. The maximum atomic E-state index is 12.3. The number of hydrogen-bond donors (Lipinski definition) is 0. The van der Waals surface area contributed by atoms with Crippen LogP contribution in [-0.2, 0) is 20.7 Å². The molecule has 0 N–H and O–H groups in total. The molecule has 115 valence electrons. The van der Waals surface area contributed by atoms with E-state index in [1.165, 1.54) is 11.8 Å². The van der Waals surface area contributed by atoms with Crippen molar-refractivity contribution in [1.82, 2.24) is 4.90 Å². The van der Waals surface area contributed by atoms with Crippen molar-refractivity contribution < 1.29 is 19.1 Å². The monoisotopic (exact) mass is 298 g/mol. The first-order valence-electron chi connectivity index (χ1n) is 7.02. The summed E-state index contributed by atoms with van der Waals surface area (Å²) in [6.07, 6.45) is -0.474. The number of hydrogen-bond acceptors (Lipinski definition) is 4. The Hall–Kier alpha value is -1.44. The molecule has 1 radical (unpaired) electrons. The third-order valence-corrected chi connectivity index (χ3v) is 3.13. The van der Waals surface area contributed by atoms with Gasteiger partial charge in [0.1, 0.15) is 5.60 Å². The van der Waals surface area contributed by atoms with Gasteiger partial charge in [-0.05, 0) is 32.8 Å². The predicted octanol–water partition coefficient (Wildman–Crippen LogP) is 2.66. The van der Waals surface area contributed by atoms with Crippen molar-refractivity contribution in [3.05, 3.63) is 35.4 Å². The van der Waals surface area contributed by atoms with E-state index in [-0.39, 0.29) is 18.9 Å². The van der Waals surface area contributed by atoms with E-state index in [1.807, 2.05) is 45.0 Å². The Labute approximate surface area is 143 Å². The maximum absolute atomic E-state index is 12.3. The Bertz CT molecular complexity index is 553. The summed E-state index contributed by atoms with van der Waals surface area (Å²) >= 11 is 0. The molecule has 1 atom stereocenters. The van der Waals surface area contributed by atoms with Gasteiger partial charge in [0.2, 0.25) is 6.23 Å². The first kappa shape index (κ1) is 18.6. The third-order valence-electron chi connectivity index (χ3n) is 3.13. The molecule has 1 aliphatic heterocycles. The van der Waals surface area contributed by atoms with Crippen molar-refractivity contribution in [1.29, 1.82) is 0 Å². The molecule has 5 nitrogen and oxygen atoms in total. The maximum Gasteiger partial charge on any atom is 0.413 e. The van der Waals surface area contributed by atoms with Gasteiger partial charge >= 0.3 is 12.1 Å². The van der Waals surface area contributed by atoms with Crippen LogP contribution in [0, 0.1) is 0 Å². The number of rotatable bonds is 1. The zero-order valence-electron chi connectivity index (χ0n) is 13.9. The third kappa shape index (κ3) is 4.52. The summed E-state index contributed by atoms with van der Waals surface area (Å²) in [5, 5.41) is 0. The number of fused-ring (bicyclic) bond motifs is 1. The number of esters is 1. The van der Waals surface area contributed by atoms with Gasteiger partial charge in [-0.3, -0.25) is 9.69 Å². The molecule has 0 saturated carbocycles. The van der Waals surface area contributed by atoms with Gasteiger partial charge in [-0.1, -0.05) is 24.3 Å². The molecule has 1 aliphatic rings. The van der Waals surface area contributed by atoms with Gasteiger partial charge in [-0.2, -0.15) is 0 Å². The molecule has 0 aromatic heterocycles. The fourth-order valence-corrected chi connectivity index (χ4v) is 2.32. The summed E-state index contributed by atoms with van der Waals surface area (Å²) < 4.78 is 10.8. The Morgan fingerprint density at radius 1 is 1.23 bits per heavy atom. The van der Waals surface area contributed by atoms with Crippen molar-refractivity contribution >= 4 is 30.9 Å². The van der Waals surface area contributed by atoms with Crippen molar-refractivity contribution in [2.45, 2.75) is 45.9 Å². The Kier molecular flexibility index (Phi) is 6.10. The molecule has 22 heavy (non-hydrogen) atoms. The Morgan fingerprint density at radius 2 is 1.86 bits per heavy atom. The van der Waals surface area contributed by atoms with E-state index in [1.54, 1.807) is 0 Å². The van der Waals surface area contributed by atoms with Crippen molar-refractivity contribution in [3.8, 4) is 0 Å². The fraction of sp³-hybridized carbons (Fsp3) is 0.500. The number of amides is 1. The molecule has 0 aliphatic carbocycles. The van der Waals surface area contributed by atoms with Crippen molar-refractivity contribution in [2.75, 3.05) is 6.54 Å². The SMILES string of the molecule is CC(=O)OC1c2ccccc2CCN1C(=O)OC(C)(C)C.[Li]. The molecule has 0 spiro atoms. The van der Waals surface area contributed by atoms with Crippen LogP contribution in [0.2, 0.25) is 0 Å². The molecule has 1 aromatic rings. The topological polar surface area (TPSA) is 55.8 Å². The molecule has 6 heteroatoms. The predicted molar refractivity (Wildman–Crippen MR) is 83.3 cm³/mol. The summed E-state index contributed by atoms with van der Waals surface area (Å²) in [6.45, 7) is 7.23. The van der Waals surface area contributed by atoms with E-state index in [9.17, 15) is 9.59 Å². The van der Waals surface area contributed by atoms with E-state index >= 15 is 0 Å². The summed E-state index contributed by atoms with van der Waals surface area (Å²) in [5.41, 5.74) is 1.34. The largest absolute Gasteiger partial charge is 0.444 e. The molecular formula is C16H21LiNO4. The second-order valence-corrected chi connectivity index (χ2v) is 6.08. The molecule has 1 heterocycles. The quantitative estimate of drug-likeness (QED) is 0.591. The van der Waals surface area contributed by atoms with Crippen LogP contribution in [0.5, 0.6) is 0 Å². The van der Waals surface area contributed by atoms with Gasteiger partial charge in [0, 0.05) is 37.9 Å². The minimum absolute atomic E-state index is 0. The van der Waals surface area contributed by atoms with Crippen LogP contribution in [0.3, 0.4) is 0 Å². The van der Waals surface area contributed by atoms with Crippen LogP contribution < -0.4 is 0 Å². The second-order valence-electron chi connectivity index (χ2n) is 6.08. The molecule has 1 aromatic carbocycles. The second kappa shape index (κ2) is 7.21. The van der Waals surface area contributed by atoms with Crippen LogP contribution in [-0.4, -0.2) is 48.0 Å². The summed E-state index contributed by atoms with van der Waals surface area (Å²) in [7, 11) is 0. The standard InChI is InChI=1S/C16H21NO4.Li/c1-11(18)20-14-13-8-6-5-7-12(13)9-10-17(14)15(19)21-16(2,3)4;/h5-8,14H,9-10H2,1-4H3;. The smallest absolute Gasteiger partial charge is 0.413 e. The number of carbonyl (C=O) groups is 2. The average Bonchev–Trinajstić information content (AvgIpc) is 2.36. The van der Waals surface area contributed by atoms with Gasteiger partial charge in [0.15, 0.2) is 0 Å². The van der Waals surface area contributed by atoms with Gasteiger partial charge in [0.05, 0.1) is 0 Å². The molecule has 0 fully saturated rings. The first-order chi connectivity index (χ1) is 9.78. The summed E-state index contributed by atoms with van der Waals surface area (Å²) in [6, 6.07) is 7.67. The van der Waals surface area contributed by atoms with E-state index < -0.39 is 23.9 Å². The van der Waals surface area contributed by atoms with Gasteiger partial charge in [0.25, 0.3) is 0 Å². The van der Waals surface area contributed by atoms with Gasteiger partial charge in [-0.15, -0.1) is 0 Å². The number of benzene rings is 1. The van der Waals surface area contributed by atoms with Crippen LogP contribution in [0.4, 0.5) is 4.79 Å². The number of nitrogens with zero attached hydrogens (tertiary/aromatic N) is 1. The molecular weight excluding hydrogens is 277 g/mol. The fourth-order valence-electron chi connectivity index (χ4n) is 2.32. The average molecular weight is 298 g/mol. The van der Waals surface area contributed by atoms with Crippen LogP contribution in [0.25, 0.3) is 0 Å². The molecule has 0 bridgehead atoms. The first-order valence-corrected chi connectivity index (χ1v) is 7.02. The zero-order chi connectivity index (χ0) is 15.6. The van der Waals surface area contributed by atoms with Crippen LogP contribution in [0.15, 0.2) is 24.3 Å². The molecule has 1 unspecified atom stereocenters. The zero-order valence-corrected chi connectivity index (χ0v) is 13.9. The minimum Gasteiger partial charge on any atom is -0.444 e. The van der Waals surface area contributed by atoms with Crippen LogP contribution in [0.1, 0.15) is 45.0 Å². The van der Waals surface area contributed by atoms with Crippen molar-refractivity contribution in [3.63, 3.8) is 0 Å². The van der Waals surface area contributed by atoms with Crippen LogP contribution >= 0.6 is 0 Å². The molecule has 2 rings (SSSR count). The van der Waals surface area contributed by atoms with E-state index in [4.69, 9.17) is 9.47 Å². The normalized spacial score (nSPS) is 17.1. The molecule has 1 amide bonds. The Balaban J connectivity index is 0.00000242. The summed E-state index contributed by atoms with van der Waals surface area (Å²) in [5.74, 6) is -0.426. The van der Waals surface area contributed by atoms with Crippen molar-refractivity contribution in [2.24, 2.45) is 0 Å². The van der Waals surface area contributed by atoms with E-state index in [2.05, 4.69) is 0 Å². The molecule has 0 saturated heterocycles. The number of carbonyl (C=O) groups excluding carboxylic acids is 2. The van der Waals surface area contributed by atoms with Gasteiger partial charge in [-0.25, -0.2) is 4.79 Å². The van der Waals surface area contributed by atoms with E-state index in [0.717, 1.165) is 11.1 Å². The minimum atomic E-state index is -0.720.